The van der Waals surface area contributed by atoms with E-state index in [1.807, 2.05) is 0 Å². The summed E-state index contributed by atoms with van der Waals surface area (Å²) in [6, 6.07) is 206. The zero-order chi connectivity index (χ0) is 96.2. The lowest BCUT2D eigenvalue weighted by atomic mass is 9.85. The molecule has 0 heteroatoms. The maximum Gasteiger partial charge on any atom is -0.00262 e. The van der Waals surface area contributed by atoms with E-state index in [9.17, 15) is 0 Å². The van der Waals surface area contributed by atoms with Crippen LogP contribution in [0.1, 0.15) is 0 Å². The lowest BCUT2D eigenvalue weighted by Crippen LogP contribution is -1.92. The predicted octanol–water partition coefficient (Wildman–Crippen LogP) is 41.3. The fourth-order valence-electron chi connectivity index (χ4n) is 23.7. The molecule has 0 aliphatic rings. The van der Waals surface area contributed by atoms with Crippen LogP contribution in [0.15, 0.2) is 558 Å². The number of hydrogen-bond donors (Lipinski definition) is 0. The highest BCUT2D eigenvalue weighted by Gasteiger charge is 2.24. The number of hydrogen-bond acceptors (Lipinski definition) is 0. The summed E-state index contributed by atoms with van der Waals surface area (Å²) in [6.45, 7) is 0. The zero-order valence-corrected chi connectivity index (χ0v) is 80.1. The van der Waals surface area contributed by atoms with Crippen molar-refractivity contribution in [1.82, 2.24) is 0 Å². The molecule has 0 fully saturated rings. The lowest BCUT2D eigenvalue weighted by Gasteiger charge is -2.19. The van der Waals surface area contributed by atoms with Gasteiger partial charge in [0.25, 0.3) is 0 Å². The van der Waals surface area contributed by atoms with Gasteiger partial charge in [-0.1, -0.05) is 491 Å². The van der Waals surface area contributed by atoms with Gasteiger partial charge >= 0.3 is 0 Å². The number of rotatable bonds is 10. The van der Waals surface area contributed by atoms with Crippen LogP contribution in [0, 0.1) is 0 Å². The maximum atomic E-state index is 2.44. The molecule has 0 radical (unpaired) electrons. The average Bonchev–Trinajstić information content (AvgIpc) is 0.740. The third-order valence-electron chi connectivity index (χ3n) is 30.8. The molecule has 0 aromatic heterocycles. The van der Waals surface area contributed by atoms with E-state index < -0.39 is 0 Å². The van der Waals surface area contributed by atoms with Gasteiger partial charge in [-0.3, -0.25) is 0 Å². The highest BCUT2D eigenvalue weighted by atomic mass is 14.3. The topological polar surface area (TPSA) is 0 Å². The van der Waals surface area contributed by atoms with Gasteiger partial charge in [0.05, 0.1) is 0 Å². The Morgan fingerprint density at radius 3 is 0.856 bits per heavy atom. The summed E-state index contributed by atoms with van der Waals surface area (Å²) in [5.41, 5.74) is 24.8. The van der Waals surface area contributed by atoms with Crippen LogP contribution in [0.25, 0.3) is 294 Å². The second kappa shape index (κ2) is 35.7. The molecule has 30 aromatic rings. The Bertz CT molecular complexity index is 10500. The van der Waals surface area contributed by atoms with Crippen LogP contribution in [0.2, 0.25) is 0 Å². The van der Waals surface area contributed by atoms with Gasteiger partial charge in [0.15, 0.2) is 0 Å². The molecule has 0 saturated heterocycles. The van der Waals surface area contributed by atoms with Gasteiger partial charge in [0, 0.05) is 0 Å². The Kier molecular flexibility index (Phi) is 20.8. The molecule has 0 amide bonds. The first-order valence-electron chi connectivity index (χ1n) is 50.7. The molecule has 146 heavy (non-hydrogen) atoms. The Labute approximate surface area is 846 Å². The maximum absolute atomic E-state index is 2.44. The smallest absolute Gasteiger partial charge is 0.00262 e. The van der Waals surface area contributed by atoms with Gasteiger partial charge in [-0.15, -0.1) is 0 Å². The summed E-state index contributed by atoms with van der Waals surface area (Å²) < 4.78 is 0. The fourth-order valence-corrected chi connectivity index (χ4v) is 23.7. The van der Waals surface area contributed by atoms with Gasteiger partial charge in [0.2, 0.25) is 0 Å². The van der Waals surface area contributed by atoms with Crippen molar-refractivity contribution in [1.29, 1.82) is 0 Å². The SMILES string of the molecule is c1ccc(-c2cc(-c3c(-c4ccc5ccccc5c4)ccc4ccc(-c5ccc6ccccc6c5)cc34)cc3c2ccc2ccccc23)cc1.c1ccc2c(-c3ccc4ccc(-c5cccc6ccccc56)c(-c5ccc6c(ccc7ccc8ccccc8c76)c5)c4c3)cccc2c1.c1ccc2cc(-c3ccc4ccc(-c5ccc6ccccc6c5)c(-c5ccc6c7ccccc7c7ccccc7c6c5)c4c3)ccc2c1. The fraction of sp³-hybridized carbons (Fsp3) is 0. The second-order valence-electron chi connectivity index (χ2n) is 39.1. The molecule has 0 spiro atoms. The molecule has 0 heterocycles. The van der Waals surface area contributed by atoms with Crippen LogP contribution in [0.5, 0.6) is 0 Å². The molecular weight excluding hydrogens is 1750 g/mol. The van der Waals surface area contributed by atoms with Crippen molar-refractivity contribution in [2.24, 2.45) is 0 Å². The largest absolute Gasteiger partial charge is 0.0622 e. The first kappa shape index (κ1) is 85.0. The van der Waals surface area contributed by atoms with E-state index in [0.29, 0.717) is 0 Å². The van der Waals surface area contributed by atoms with Crippen LogP contribution in [0.4, 0.5) is 0 Å². The van der Waals surface area contributed by atoms with Crippen LogP contribution >= 0.6 is 0 Å². The molecule has 0 aliphatic heterocycles. The summed E-state index contributed by atoms with van der Waals surface area (Å²) in [6.07, 6.45) is 0. The number of benzene rings is 30. The summed E-state index contributed by atoms with van der Waals surface area (Å²) in [7, 11) is 0. The third kappa shape index (κ3) is 15.0. The lowest BCUT2D eigenvalue weighted by molar-refractivity contribution is 1.62. The normalized spacial score (nSPS) is 11.7. The Hall–Kier alpha value is -19.0. The van der Waals surface area contributed by atoms with Crippen molar-refractivity contribution in [3.05, 3.63) is 558 Å². The van der Waals surface area contributed by atoms with Crippen molar-refractivity contribution in [3.63, 3.8) is 0 Å². The summed E-state index contributed by atoms with van der Waals surface area (Å²) >= 11 is 0. The van der Waals surface area contributed by atoms with Crippen molar-refractivity contribution in [2.45, 2.75) is 0 Å². The molecule has 676 valence electrons. The third-order valence-corrected chi connectivity index (χ3v) is 30.8. The molecule has 0 unspecified atom stereocenters. The van der Waals surface area contributed by atoms with Gasteiger partial charge in [-0.2, -0.15) is 0 Å². The average molecular weight is 1850 g/mol. The van der Waals surface area contributed by atoms with Crippen molar-refractivity contribution >= 4 is 183 Å². The summed E-state index contributed by atoms with van der Waals surface area (Å²) in [5.74, 6) is 0. The van der Waals surface area contributed by atoms with E-state index in [2.05, 4.69) is 558 Å². The molecular formula is C146H92. The van der Waals surface area contributed by atoms with E-state index in [4.69, 9.17) is 0 Å². The van der Waals surface area contributed by atoms with E-state index in [0.717, 1.165) is 0 Å². The molecule has 0 N–H and O–H groups in total. The van der Waals surface area contributed by atoms with Crippen molar-refractivity contribution in [3.8, 4) is 111 Å². The van der Waals surface area contributed by atoms with Crippen LogP contribution in [0.3, 0.4) is 0 Å². The predicted molar refractivity (Wildman–Crippen MR) is 631 cm³/mol. The minimum atomic E-state index is 1.22. The van der Waals surface area contributed by atoms with E-state index in [1.165, 1.54) is 294 Å². The van der Waals surface area contributed by atoms with E-state index in [-0.39, 0.29) is 0 Å². The van der Waals surface area contributed by atoms with Gasteiger partial charge < -0.3 is 0 Å². The number of fused-ring (bicyclic) bond motifs is 23. The van der Waals surface area contributed by atoms with Crippen LogP contribution in [-0.2, 0) is 0 Å². The molecule has 0 nitrogen and oxygen atoms in total. The molecule has 30 rings (SSSR count). The molecule has 0 saturated carbocycles. The van der Waals surface area contributed by atoms with E-state index in [1.54, 1.807) is 0 Å². The standard InChI is InChI=1S/C50H32.2C48H30/c1-2-12-35(13-3-1)47-31-43(32-49-44-17-9-8-14-36(44)25-27-46(47)49)50-45(42-23-19-34-11-5-7-16-39(34)29-42)26-24-37-20-22-41(30-48(37)50)40-21-18-33-10-4-6-15-38(33)28-40;1-4-14-39-31(9-1)12-7-17-41(39)37-23-20-34-25-28-45(44-18-8-13-32-10-2-5-15-40(32)44)48(46(34)30-37)38-26-27-43-36(29-38)24-22-35-21-19-33-11-3-6-16-42(33)47(35)43;1-3-11-34-27-36(20-17-31(34)9-1)37-21-19-33-23-25-40(38-22-18-32-10-2-4-12-35(32)28-38)48(46(33)29-37)39-24-26-45-43-15-6-5-13-41(43)42-14-7-8-16-44(42)47(45)30-39/h1-32H;2*1-30H. The van der Waals surface area contributed by atoms with Crippen LogP contribution in [-0.4, -0.2) is 0 Å². The van der Waals surface area contributed by atoms with Gasteiger partial charge in [0.1, 0.15) is 0 Å². The Morgan fingerprint density at radius 1 is 0.0753 bits per heavy atom. The molecule has 0 bridgehead atoms. The summed E-state index contributed by atoms with van der Waals surface area (Å²) in [5, 5.41) is 43.1. The minimum Gasteiger partial charge on any atom is -0.0622 e. The van der Waals surface area contributed by atoms with Crippen molar-refractivity contribution < 1.29 is 0 Å². The molecule has 30 aromatic carbocycles. The molecule has 0 aliphatic carbocycles. The van der Waals surface area contributed by atoms with Crippen molar-refractivity contribution in [2.75, 3.05) is 0 Å². The quantitative estimate of drug-likeness (QED) is 0.120. The monoisotopic (exact) mass is 1840 g/mol. The molecule has 0 atom stereocenters. The first-order valence-corrected chi connectivity index (χ1v) is 50.7. The minimum absolute atomic E-state index is 1.22. The van der Waals surface area contributed by atoms with Gasteiger partial charge in [-0.25, -0.2) is 0 Å². The van der Waals surface area contributed by atoms with Gasteiger partial charge in [-0.05, 0) is 361 Å². The highest BCUT2D eigenvalue weighted by molar-refractivity contribution is 6.28. The summed E-state index contributed by atoms with van der Waals surface area (Å²) in [4.78, 5) is 0. The van der Waals surface area contributed by atoms with E-state index >= 15 is 0 Å². The first-order chi connectivity index (χ1) is 72.3. The zero-order valence-electron chi connectivity index (χ0n) is 80.1. The Morgan fingerprint density at radius 2 is 0.336 bits per heavy atom. The van der Waals surface area contributed by atoms with Crippen LogP contribution < -0.4 is 0 Å². The second-order valence-corrected chi connectivity index (χ2v) is 39.1. The highest BCUT2D eigenvalue weighted by Crippen LogP contribution is 2.51. The Balaban J connectivity index is 0.000000106.